The van der Waals surface area contributed by atoms with Crippen LogP contribution in [-0.2, 0) is 0 Å². The molecule has 54 heavy (non-hydrogen) atoms. The molecule has 10 heteroatoms. The van der Waals surface area contributed by atoms with Gasteiger partial charge in [-0.1, -0.05) is 59.7 Å². The Morgan fingerprint density at radius 3 is 1.48 bits per heavy atom. The van der Waals surface area contributed by atoms with Gasteiger partial charge in [-0.15, -0.1) is 11.3 Å². The van der Waals surface area contributed by atoms with E-state index >= 15 is 0 Å². The van der Waals surface area contributed by atoms with Gasteiger partial charge in [0.1, 0.15) is 0 Å². The number of nitrogens with one attached hydrogen (secondary N) is 1. The molecule has 1 atom stereocenters. The molecule has 2 aliphatic rings. The van der Waals surface area contributed by atoms with Gasteiger partial charge in [0, 0.05) is 48.2 Å². The molecule has 9 nitrogen and oxygen atoms in total. The number of benzene rings is 4. The van der Waals surface area contributed by atoms with E-state index in [0.717, 1.165) is 90.4 Å². The first-order valence-electron chi connectivity index (χ1n) is 18.4. The number of hydrogen-bond acceptors (Lipinski definition) is 6. The third-order valence-electron chi connectivity index (χ3n) is 9.85. The summed E-state index contributed by atoms with van der Waals surface area (Å²) >= 11 is 1.56. The molecule has 278 valence electrons. The van der Waals surface area contributed by atoms with Crippen LogP contribution in [0.25, 0.3) is 22.3 Å². The smallest absolute Gasteiger partial charge is 0.335 e. The van der Waals surface area contributed by atoms with E-state index in [1.807, 2.05) is 98.6 Å². The Morgan fingerprint density at radius 1 is 0.630 bits per heavy atom. The molecule has 2 saturated heterocycles. The fraction of sp³-hybridized carbons (Fsp3) is 0.295. The predicted molar refractivity (Wildman–Crippen MR) is 213 cm³/mol. The second-order valence-corrected chi connectivity index (χ2v) is 15.2. The van der Waals surface area contributed by atoms with Crippen molar-refractivity contribution in [2.24, 2.45) is 0 Å². The van der Waals surface area contributed by atoms with Crippen molar-refractivity contribution in [3.8, 4) is 22.3 Å². The van der Waals surface area contributed by atoms with Gasteiger partial charge >= 0.3 is 5.97 Å². The van der Waals surface area contributed by atoms with Crippen LogP contribution in [0.2, 0.25) is 0 Å². The normalized spacial score (nSPS) is 14.3. The molecule has 4 aromatic carbocycles. The molecule has 0 radical (unpaired) electrons. The van der Waals surface area contributed by atoms with Gasteiger partial charge in [0.15, 0.2) is 0 Å². The van der Waals surface area contributed by atoms with E-state index in [-0.39, 0.29) is 29.3 Å². The van der Waals surface area contributed by atoms with Crippen LogP contribution in [0.15, 0.2) is 90.3 Å². The monoisotopic (exact) mass is 742 g/mol. The number of thiazole rings is 1. The largest absolute Gasteiger partial charge is 0.478 e. The van der Waals surface area contributed by atoms with Crippen molar-refractivity contribution in [3.05, 3.63) is 134 Å². The molecule has 0 aliphatic carbocycles. The molecule has 0 saturated carbocycles. The van der Waals surface area contributed by atoms with Crippen molar-refractivity contribution in [1.82, 2.24) is 20.1 Å². The van der Waals surface area contributed by atoms with Crippen LogP contribution in [0.1, 0.15) is 102 Å². The standard InChI is InChI=1S/C25H27N3O2S.C19H19NO3/c1-16-6-8-19(9-7-16)20-12-21(14-22(13-20)25(30)28-10-4-5-11-28)24(29)26-17(2)23-15-31-18(3)27-23;1-13-4-6-14(7-5-13)15-10-16(12-17(11-15)19(22)23)18(21)20-8-2-3-9-20/h6-9,12-15,17H,4-5,10-11H2,1-3H3,(H,26,29);4-7,10-12H,2-3,8-9H2,1H3,(H,22,23). The highest BCUT2D eigenvalue weighted by Crippen LogP contribution is 2.27. The molecule has 2 aliphatic heterocycles. The first-order chi connectivity index (χ1) is 25.9. The molecule has 2 fully saturated rings. The summed E-state index contributed by atoms with van der Waals surface area (Å²) in [6, 6.07) is 26.1. The van der Waals surface area contributed by atoms with Gasteiger partial charge in [-0.05, 0) is 112 Å². The zero-order valence-electron chi connectivity index (χ0n) is 31.2. The Hall–Kier alpha value is -5.61. The fourth-order valence-corrected chi connectivity index (χ4v) is 7.43. The Labute approximate surface area is 320 Å². The van der Waals surface area contributed by atoms with Crippen LogP contribution in [0.3, 0.4) is 0 Å². The molecule has 7 rings (SSSR count). The lowest BCUT2D eigenvalue weighted by Crippen LogP contribution is -2.29. The third kappa shape index (κ3) is 9.30. The van der Waals surface area contributed by atoms with Crippen LogP contribution in [0.4, 0.5) is 0 Å². The number of carbonyl (C=O) groups excluding carboxylic acids is 3. The van der Waals surface area contributed by atoms with Crippen LogP contribution in [0, 0.1) is 20.8 Å². The lowest BCUT2D eigenvalue weighted by molar-refractivity contribution is 0.0695. The summed E-state index contributed by atoms with van der Waals surface area (Å²) < 4.78 is 0. The van der Waals surface area contributed by atoms with Crippen LogP contribution < -0.4 is 5.32 Å². The summed E-state index contributed by atoms with van der Waals surface area (Å²) in [6.07, 6.45) is 4.08. The minimum absolute atomic E-state index is 0.0105. The van der Waals surface area contributed by atoms with Gasteiger partial charge in [0.25, 0.3) is 17.7 Å². The van der Waals surface area contributed by atoms with E-state index in [1.54, 1.807) is 34.4 Å². The van der Waals surface area contributed by atoms with E-state index < -0.39 is 5.97 Å². The lowest BCUT2D eigenvalue weighted by atomic mass is 9.98. The first-order valence-corrected chi connectivity index (χ1v) is 19.3. The van der Waals surface area contributed by atoms with Crippen molar-refractivity contribution in [2.45, 2.75) is 59.4 Å². The van der Waals surface area contributed by atoms with E-state index in [0.29, 0.717) is 16.7 Å². The zero-order valence-corrected chi connectivity index (χ0v) is 32.0. The van der Waals surface area contributed by atoms with Gasteiger partial charge in [0.05, 0.1) is 22.3 Å². The van der Waals surface area contributed by atoms with Crippen molar-refractivity contribution in [1.29, 1.82) is 0 Å². The number of amides is 3. The number of hydrogen-bond donors (Lipinski definition) is 2. The van der Waals surface area contributed by atoms with Gasteiger partial charge in [0.2, 0.25) is 0 Å². The fourth-order valence-electron chi connectivity index (χ4n) is 6.72. The number of carboxylic acids is 1. The Kier molecular flexibility index (Phi) is 12.0. The molecular formula is C44H46N4O5S. The SMILES string of the molecule is Cc1ccc(-c2cc(C(=O)NC(C)c3csc(C)n3)cc(C(=O)N3CCCC3)c2)cc1.Cc1ccc(-c2cc(C(=O)O)cc(C(=O)N3CCCC3)c2)cc1. The first kappa shape index (κ1) is 38.1. The Balaban J connectivity index is 0.000000193. The minimum atomic E-state index is -1.02. The maximum absolute atomic E-state index is 13.1. The van der Waals surface area contributed by atoms with Crippen molar-refractivity contribution in [3.63, 3.8) is 0 Å². The van der Waals surface area contributed by atoms with Gasteiger partial charge in [-0.3, -0.25) is 14.4 Å². The van der Waals surface area contributed by atoms with E-state index in [9.17, 15) is 24.3 Å². The molecule has 1 unspecified atom stereocenters. The van der Waals surface area contributed by atoms with E-state index in [4.69, 9.17) is 0 Å². The number of likely N-dealkylation sites (tertiary alicyclic amines) is 2. The average Bonchev–Trinajstić information content (AvgIpc) is 3.99. The molecule has 0 bridgehead atoms. The van der Waals surface area contributed by atoms with Gasteiger partial charge < -0.3 is 20.2 Å². The number of aromatic nitrogens is 1. The minimum Gasteiger partial charge on any atom is -0.478 e. The maximum atomic E-state index is 13.1. The molecule has 5 aromatic rings. The highest BCUT2D eigenvalue weighted by molar-refractivity contribution is 7.09. The summed E-state index contributed by atoms with van der Waals surface area (Å²) in [7, 11) is 0. The highest BCUT2D eigenvalue weighted by Gasteiger charge is 2.24. The summed E-state index contributed by atoms with van der Waals surface area (Å²) in [6.45, 7) is 10.9. The third-order valence-corrected chi connectivity index (χ3v) is 10.6. The van der Waals surface area contributed by atoms with Crippen molar-refractivity contribution in [2.75, 3.05) is 26.2 Å². The molecular weight excluding hydrogens is 697 g/mol. The van der Waals surface area contributed by atoms with Crippen LogP contribution in [-0.4, -0.2) is 69.8 Å². The highest BCUT2D eigenvalue weighted by atomic mass is 32.1. The van der Waals surface area contributed by atoms with Gasteiger partial charge in [-0.2, -0.15) is 0 Å². The van der Waals surface area contributed by atoms with E-state index in [1.165, 1.54) is 11.6 Å². The number of aromatic carboxylic acids is 1. The van der Waals surface area contributed by atoms with Crippen LogP contribution in [0.5, 0.6) is 0 Å². The molecule has 1 aromatic heterocycles. The van der Waals surface area contributed by atoms with E-state index in [2.05, 4.69) is 10.3 Å². The summed E-state index contributed by atoms with van der Waals surface area (Å²) in [5, 5.41) is 15.3. The number of nitrogens with zero attached hydrogens (tertiary/aromatic N) is 3. The summed E-state index contributed by atoms with van der Waals surface area (Å²) in [5.74, 6) is -1.32. The second kappa shape index (κ2) is 17.0. The van der Waals surface area contributed by atoms with Crippen LogP contribution >= 0.6 is 11.3 Å². The Morgan fingerprint density at radius 2 is 1.06 bits per heavy atom. The summed E-state index contributed by atoms with van der Waals surface area (Å²) in [4.78, 5) is 58.3. The van der Waals surface area contributed by atoms with Crippen molar-refractivity contribution >= 4 is 35.0 Å². The maximum Gasteiger partial charge on any atom is 0.335 e. The predicted octanol–water partition coefficient (Wildman–Crippen LogP) is 8.75. The number of carboxylic acid groups (broad SMARTS) is 1. The van der Waals surface area contributed by atoms with Gasteiger partial charge in [-0.25, -0.2) is 9.78 Å². The number of carbonyl (C=O) groups is 4. The summed E-state index contributed by atoms with van der Waals surface area (Å²) in [5.41, 5.74) is 8.30. The number of aryl methyl sites for hydroxylation is 3. The molecule has 2 N–H and O–H groups in total. The quantitative estimate of drug-likeness (QED) is 0.164. The number of rotatable bonds is 8. The Bertz CT molecular complexity index is 2150. The second-order valence-electron chi connectivity index (χ2n) is 14.1. The lowest BCUT2D eigenvalue weighted by Gasteiger charge is -2.18. The topological polar surface area (TPSA) is 120 Å². The van der Waals surface area contributed by atoms with Crippen molar-refractivity contribution < 1.29 is 24.3 Å². The average molecular weight is 743 g/mol. The molecule has 0 spiro atoms. The molecule has 3 heterocycles. The zero-order chi connectivity index (χ0) is 38.4. The molecule has 3 amide bonds.